The van der Waals surface area contributed by atoms with Crippen molar-refractivity contribution in [3.05, 3.63) is 47.8 Å². The molecule has 1 aromatic carbocycles. The van der Waals surface area contributed by atoms with Crippen molar-refractivity contribution < 1.29 is 4.74 Å². The minimum absolute atomic E-state index is 0.460. The number of nitrogens with zero attached hydrogens (tertiary/aromatic N) is 5. The van der Waals surface area contributed by atoms with Gasteiger partial charge in [-0.25, -0.2) is 9.97 Å². The van der Waals surface area contributed by atoms with E-state index in [0.717, 1.165) is 35.5 Å². The van der Waals surface area contributed by atoms with Gasteiger partial charge in [-0.15, -0.1) is 0 Å². The van der Waals surface area contributed by atoms with Crippen LogP contribution >= 0.6 is 0 Å². The molecule has 0 unspecified atom stereocenters. The summed E-state index contributed by atoms with van der Waals surface area (Å²) in [6.07, 6.45) is 4.48. The predicted octanol–water partition coefficient (Wildman–Crippen LogP) is 2.57. The SMILES string of the molecule is COCCn1ccc(Nc2nccc(-c3cc(C#N)c4c(c3)CCN4)n2)n1. The van der Waals surface area contributed by atoms with Gasteiger partial charge in [0.2, 0.25) is 5.95 Å². The van der Waals surface area contributed by atoms with Gasteiger partial charge >= 0.3 is 0 Å². The van der Waals surface area contributed by atoms with Crippen LogP contribution in [0.3, 0.4) is 0 Å². The lowest BCUT2D eigenvalue weighted by atomic mass is 10.0. The lowest BCUT2D eigenvalue weighted by molar-refractivity contribution is 0.183. The average molecular weight is 361 g/mol. The molecule has 4 rings (SSSR count). The van der Waals surface area contributed by atoms with Gasteiger partial charge in [0.05, 0.1) is 30.1 Å². The van der Waals surface area contributed by atoms with Gasteiger partial charge in [-0.2, -0.15) is 10.4 Å². The summed E-state index contributed by atoms with van der Waals surface area (Å²) in [5, 5.41) is 20.2. The third-order valence-electron chi connectivity index (χ3n) is 4.39. The molecule has 27 heavy (non-hydrogen) atoms. The number of nitrogens with one attached hydrogen (secondary N) is 2. The maximum atomic E-state index is 9.43. The highest BCUT2D eigenvalue weighted by Crippen LogP contribution is 2.31. The van der Waals surface area contributed by atoms with Crippen LogP contribution in [0.5, 0.6) is 0 Å². The number of aromatic nitrogens is 4. The molecular weight excluding hydrogens is 342 g/mol. The van der Waals surface area contributed by atoms with Crippen LogP contribution < -0.4 is 10.6 Å². The molecule has 3 heterocycles. The van der Waals surface area contributed by atoms with Gasteiger partial charge in [-0.05, 0) is 30.2 Å². The maximum absolute atomic E-state index is 9.43. The lowest BCUT2D eigenvalue weighted by Gasteiger charge is -2.08. The third-order valence-corrected chi connectivity index (χ3v) is 4.39. The van der Waals surface area contributed by atoms with Crippen LogP contribution in [0.4, 0.5) is 17.5 Å². The molecule has 1 aliphatic rings. The molecule has 0 spiro atoms. The summed E-state index contributed by atoms with van der Waals surface area (Å²) in [4.78, 5) is 8.86. The van der Waals surface area contributed by atoms with Crippen LogP contribution in [-0.4, -0.2) is 40.0 Å². The first-order valence-electron chi connectivity index (χ1n) is 8.70. The van der Waals surface area contributed by atoms with Crippen molar-refractivity contribution >= 4 is 17.5 Å². The average Bonchev–Trinajstić information content (AvgIpc) is 3.35. The van der Waals surface area contributed by atoms with Crippen LogP contribution in [0.1, 0.15) is 11.1 Å². The Morgan fingerprint density at radius 3 is 3.15 bits per heavy atom. The molecule has 2 aromatic heterocycles. The van der Waals surface area contributed by atoms with Crippen LogP contribution in [0, 0.1) is 11.3 Å². The molecule has 2 N–H and O–H groups in total. The van der Waals surface area contributed by atoms with Gasteiger partial charge in [0.25, 0.3) is 0 Å². The molecule has 1 aliphatic heterocycles. The smallest absolute Gasteiger partial charge is 0.228 e. The Bertz CT molecular complexity index is 1010. The molecule has 0 amide bonds. The van der Waals surface area contributed by atoms with E-state index in [9.17, 15) is 5.26 Å². The monoisotopic (exact) mass is 361 g/mol. The van der Waals surface area contributed by atoms with Crippen molar-refractivity contribution in [3.63, 3.8) is 0 Å². The molecular formula is C19H19N7O. The number of rotatable bonds is 6. The summed E-state index contributed by atoms with van der Waals surface area (Å²) in [5.41, 5.74) is 4.40. The number of ether oxygens (including phenoxy) is 1. The number of hydrogen-bond acceptors (Lipinski definition) is 7. The standard InChI is InChI=1S/C19H19N7O/c1-27-9-8-26-7-4-17(25-26)24-19-22-6-3-16(23-19)14-10-13-2-5-21-18(13)15(11-14)12-20/h3-4,6-7,10-11,21H,2,5,8-9H2,1H3,(H,22,23,24,25). The third kappa shape index (κ3) is 3.59. The minimum Gasteiger partial charge on any atom is -0.383 e. The van der Waals surface area contributed by atoms with Crippen molar-refractivity contribution in [2.45, 2.75) is 13.0 Å². The van der Waals surface area contributed by atoms with E-state index in [1.807, 2.05) is 24.4 Å². The normalized spacial score (nSPS) is 12.3. The van der Waals surface area contributed by atoms with Crippen LogP contribution in [-0.2, 0) is 17.7 Å². The van der Waals surface area contributed by atoms with Gasteiger partial charge in [0, 0.05) is 37.7 Å². The number of nitriles is 1. The molecule has 0 saturated heterocycles. The second kappa shape index (κ2) is 7.43. The highest BCUT2D eigenvalue weighted by molar-refractivity contribution is 5.74. The predicted molar refractivity (Wildman–Crippen MR) is 102 cm³/mol. The fourth-order valence-corrected chi connectivity index (χ4v) is 3.10. The van der Waals surface area contributed by atoms with E-state index < -0.39 is 0 Å². The fraction of sp³-hybridized carbons (Fsp3) is 0.263. The van der Waals surface area contributed by atoms with E-state index in [2.05, 4.69) is 37.8 Å². The molecule has 0 radical (unpaired) electrons. The minimum atomic E-state index is 0.460. The van der Waals surface area contributed by atoms with E-state index in [1.165, 1.54) is 0 Å². The number of benzene rings is 1. The number of methoxy groups -OCH3 is 1. The zero-order valence-electron chi connectivity index (χ0n) is 14.9. The first kappa shape index (κ1) is 17.0. The second-order valence-electron chi connectivity index (χ2n) is 6.19. The van der Waals surface area contributed by atoms with Crippen LogP contribution in [0.2, 0.25) is 0 Å². The van der Waals surface area contributed by atoms with Gasteiger partial charge in [0.15, 0.2) is 5.82 Å². The number of hydrogen-bond donors (Lipinski definition) is 2. The molecule has 0 atom stereocenters. The van der Waals surface area contributed by atoms with Crippen LogP contribution in [0.15, 0.2) is 36.7 Å². The van der Waals surface area contributed by atoms with E-state index in [-0.39, 0.29) is 0 Å². The Labute approximate surface area is 156 Å². The van der Waals surface area contributed by atoms with Crippen molar-refractivity contribution in [2.75, 3.05) is 30.9 Å². The molecule has 8 heteroatoms. The Kier molecular flexibility index (Phi) is 4.68. The van der Waals surface area contributed by atoms with E-state index >= 15 is 0 Å². The van der Waals surface area contributed by atoms with Crippen molar-refractivity contribution in [1.82, 2.24) is 19.7 Å². The molecule has 0 bridgehead atoms. The van der Waals surface area contributed by atoms with E-state index in [4.69, 9.17) is 4.74 Å². The maximum Gasteiger partial charge on any atom is 0.228 e. The molecule has 0 fully saturated rings. The summed E-state index contributed by atoms with van der Waals surface area (Å²) in [6.45, 7) is 2.14. The molecule has 0 saturated carbocycles. The van der Waals surface area contributed by atoms with Crippen LogP contribution in [0.25, 0.3) is 11.3 Å². The molecule has 3 aromatic rings. The molecule has 8 nitrogen and oxygen atoms in total. The first-order valence-corrected chi connectivity index (χ1v) is 8.70. The van der Waals surface area contributed by atoms with Crippen molar-refractivity contribution in [1.29, 1.82) is 5.26 Å². The summed E-state index contributed by atoms with van der Waals surface area (Å²) in [7, 11) is 1.66. The Morgan fingerprint density at radius 2 is 2.30 bits per heavy atom. The Hall–Kier alpha value is -3.44. The number of fused-ring (bicyclic) bond motifs is 1. The zero-order valence-corrected chi connectivity index (χ0v) is 14.9. The largest absolute Gasteiger partial charge is 0.383 e. The molecule has 136 valence electrons. The van der Waals surface area contributed by atoms with Crippen molar-refractivity contribution in [2.24, 2.45) is 0 Å². The Balaban J connectivity index is 1.58. The summed E-state index contributed by atoms with van der Waals surface area (Å²) >= 11 is 0. The summed E-state index contributed by atoms with van der Waals surface area (Å²) in [5.74, 6) is 1.13. The van der Waals surface area contributed by atoms with Gasteiger partial charge in [-0.3, -0.25) is 4.68 Å². The number of anilines is 3. The first-order chi connectivity index (χ1) is 13.3. The van der Waals surface area contributed by atoms with Gasteiger partial charge in [-0.1, -0.05) is 0 Å². The topological polar surface area (TPSA) is 101 Å². The van der Waals surface area contributed by atoms with E-state index in [0.29, 0.717) is 30.5 Å². The highest BCUT2D eigenvalue weighted by Gasteiger charge is 2.17. The summed E-state index contributed by atoms with van der Waals surface area (Å²) < 4.78 is 6.85. The Morgan fingerprint density at radius 1 is 1.37 bits per heavy atom. The zero-order chi connectivity index (χ0) is 18.6. The summed E-state index contributed by atoms with van der Waals surface area (Å²) in [6, 6.07) is 9.92. The van der Waals surface area contributed by atoms with E-state index in [1.54, 1.807) is 18.0 Å². The highest BCUT2D eigenvalue weighted by atomic mass is 16.5. The fourth-order valence-electron chi connectivity index (χ4n) is 3.10. The van der Waals surface area contributed by atoms with Crippen molar-refractivity contribution in [3.8, 4) is 17.3 Å². The quantitative estimate of drug-likeness (QED) is 0.696. The lowest BCUT2D eigenvalue weighted by Crippen LogP contribution is -2.05. The molecule has 0 aliphatic carbocycles. The van der Waals surface area contributed by atoms with Gasteiger partial charge in [0.1, 0.15) is 6.07 Å². The van der Waals surface area contributed by atoms with Gasteiger partial charge < -0.3 is 15.4 Å². The second-order valence-corrected chi connectivity index (χ2v) is 6.19.